The predicted octanol–water partition coefficient (Wildman–Crippen LogP) is -3.48. The van der Waals surface area contributed by atoms with Crippen LogP contribution < -0.4 is 34.7 Å². The topological polar surface area (TPSA) is 80.7 Å². The molecule has 2 rings (SSSR count). The molecule has 0 aliphatic carbocycles. The van der Waals surface area contributed by atoms with Crippen molar-refractivity contribution in [3.63, 3.8) is 0 Å². The van der Waals surface area contributed by atoms with Gasteiger partial charge in [0.25, 0.3) is 0 Å². The van der Waals surface area contributed by atoms with E-state index in [0.717, 1.165) is 16.7 Å². The number of hydrogen-bond donors (Lipinski definition) is 1. The van der Waals surface area contributed by atoms with Gasteiger partial charge in [-0.2, -0.15) is 0 Å². The number of halogens is 1. The number of carboxylic acids is 1. The molecule has 2 aliphatic rings. The van der Waals surface area contributed by atoms with Crippen molar-refractivity contribution in [2.45, 2.75) is 18.4 Å². The average molecular weight is 315 g/mol. The number of fused-ring (bicyclic) bond motifs is 1. The molecule has 0 saturated carbocycles. The van der Waals surface area contributed by atoms with E-state index in [1.165, 1.54) is 18.7 Å². The maximum absolute atomic E-state index is 12.1. The van der Waals surface area contributed by atoms with Crippen LogP contribution in [0.1, 0.15) is 6.92 Å². The molecule has 1 saturated heterocycles. The Morgan fingerprint density at radius 2 is 2.32 bits per heavy atom. The Morgan fingerprint density at radius 1 is 1.68 bits per heavy atom. The number of β-lactam (4-membered cyclic amide) rings is 1. The van der Waals surface area contributed by atoms with Crippen LogP contribution in [0.2, 0.25) is 0 Å². The number of rotatable bonds is 5. The van der Waals surface area contributed by atoms with Gasteiger partial charge in [-0.25, -0.2) is 0 Å². The van der Waals surface area contributed by atoms with E-state index in [9.17, 15) is 24.2 Å². The number of alkyl halides is 1. The van der Waals surface area contributed by atoms with Crippen LogP contribution in [0.5, 0.6) is 0 Å². The summed E-state index contributed by atoms with van der Waals surface area (Å²) in [5.74, 6) is -2.33. The van der Waals surface area contributed by atoms with Crippen molar-refractivity contribution in [3.8, 4) is 0 Å². The molecule has 0 aromatic rings. The summed E-state index contributed by atoms with van der Waals surface area (Å²) in [6, 6.07) is 0. The van der Waals surface area contributed by atoms with Crippen LogP contribution in [-0.2, 0) is 9.59 Å². The molecule has 1 amide bonds. The second-order valence-corrected chi connectivity index (χ2v) is 6.43. The molecule has 2 aliphatic heterocycles. The van der Waals surface area contributed by atoms with Crippen molar-refractivity contribution in [1.29, 1.82) is 0 Å². The van der Waals surface area contributed by atoms with Crippen LogP contribution in [0.3, 0.4) is 0 Å². The fourth-order valence-corrected chi connectivity index (χ4v) is 4.69. The second kappa shape index (κ2) is 6.82. The van der Waals surface area contributed by atoms with Crippen LogP contribution in [0.25, 0.3) is 0 Å². The minimum Gasteiger partial charge on any atom is -0.543 e. The van der Waals surface area contributed by atoms with Gasteiger partial charge in [-0.3, -0.25) is 14.1 Å². The van der Waals surface area contributed by atoms with Gasteiger partial charge in [-0.1, -0.05) is 11.8 Å². The second-order valence-electron chi connectivity index (χ2n) is 3.94. The zero-order chi connectivity index (χ0) is 13.4. The van der Waals surface area contributed by atoms with Crippen molar-refractivity contribution in [1.82, 2.24) is 4.90 Å². The minimum atomic E-state index is -1.44. The Hall–Kier alpha value is 0.270. The fourth-order valence-electron chi connectivity index (χ4n) is 1.97. The SMILES string of the molecule is CC(O)[C@H]1C(=O)N2C(C(=O)[O-])=C(SCCF)S[C@H]12.[Na+]. The molecule has 2 heterocycles. The number of carbonyl (C=O) groups is 2. The van der Waals surface area contributed by atoms with Gasteiger partial charge < -0.3 is 15.0 Å². The van der Waals surface area contributed by atoms with Gasteiger partial charge in [0.1, 0.15) is 5.37 Å². The van der Waals surface area contributed by atoms with Gasteiger partial charge in [0.2, 0.25) is 5.91 Å². The Kier molecular flexibility index (Phi) is 6.22. The molecule has 9 heteroatoms. The molecule has 0 bridgehead atoms. The summed E-state index contributed by atoms with van der Waals surface area (Å²) in [5.41, 5.74) is -0.189. The number of thioether (sulfide) groups is 2. The van der Waals surface area contributed by atoms with Crippen molar-refractivity contribution >= 4 is 35.4 Å². The Bertz CT molecular complexity index is 432. The van der Waals surface area contributed by atoms with Gasteiger partial charge in [-0.15, -0.1) is 11.8 Å². The first-order valence-corrected chi connectivity index (χ1v) is 7.17. The number of aliphatic hydroxyl groups is 1. The molecule has 0 radical (unpaired) electrons. The first-order chi connectivity index (χ1) is 8.49. The average Bonchev–Trinajstić information content (AvgIpc) is 2.60. The third kappa shape index (κ3) is 2.98. The number of aliphatic hydroxyl groups excluding tert-OH is 1. The molecule has 0 aromatic heterocycles. The quantitative estimate of drug-likeness (QED) is 0.419. The normalized spacial score (nSPS) is 26.7. The number of hydrogen-bond acceptors (Lipinski definition) is 6. The van der Waals surface area contributed by atoms with Gasteiger partial charge in [0.15, 0.2) is 0 Å². The fraction of sp³-hybridized carbons (Fsp3) is 0.600. The van der Waals surface area contributed by atoms with Gasteiger partial charge >= 0.3 is 29.6 Å². The Balaban J connectivity index is 0.00000180. The summed E-state index contributed by atoms with van der Waals surface area (Å²) >= 11 is 2.23. The molecule has 0 aromatic carbocycles. The van der Waals surface area contributed by atoms with E-state index in [4.69, 9.17) is 0 Å². The van der Waals surface area contributed by atoms with Crippen LogP contribution in [0, 0.1) is 5.92 Å². The van der Waals surface area contributed by atoms with E-state index in [2.05, 4.69) is 0 Å². The molecule has 1 N–H and O–H groups in total. The molecule has 0 spiro atoms. The van der Waals surface area contributed by atoms with Crippen molar-refractivity contribution in [3.05, 3.63) is 9.93 Å². The molecular formula is C10H11FNNaO4S2. The van der Waals surface area contributed by atoms with Crippen LogP contribution in [-0.4, -0.2) is 45.8 Å². The number of carboxylic acid groups (broad SMARTS) is 1. The van der Waals surface area contributed by atoms with E-state index in [-0.39, 0.29) is 41.0 Å². The summed E-state index contributed by atoms with van der Waals surface area (Å²) in [4.78, 5) is 23.9. The van der Waals surface area contributed by atoms with Gasteiger partial charge in [0.05, 0.1) is 34.6 Å². The third-order valence-electron chi connectivity index (χ3n) is 2.77. The first-order valence-electron chi connectivity index (χ1n) is 5.31. The molecule has 5 nitrogen and oxygen atoms in total. The van der Waals surface area contributed by atoms with E-state index in [1.54, 1.807) is 0 Å². The summed E-state index contributed by atoms with van der Waals surface area (Å²) in [6.07, 6.45) is -0.834. The summed E-state index contributed by atoms with van der Waals surface area (Å²) in [7, 11) is 0. The number of aliphatic carboxylic acids is 1. The van der Waals surface area contributed by atoms with E-state index < -0.39 is 35.9 Å². The van der Waals surface area contributed by atoms with Crippen molar-refractivity contribution in [2.24, 2.45) is 5.92 Å². The molecule has 1 fully saturated rings. The zero-order valence-corrected chi connectivity index (χ0v) is 14.1. The molecular weight excluding hydrogens is 304 g/mol. The number of nitrogens with zero attached hydrogens (tertiary/aromatic N) is 1. The van der Waals surface area contributed by atoms with E-state index in [1.807, 2.05) is 0 Å². The summed E-state index contributed by atoms with van der Waals surface area (Å²) < 4.78 is 12.5. The van der Waals surface area contributed by atoms with Crippen LogP contribution in [0.4, 0.5) is 4.39 Å². The third-order valence-corrected chi connectivity index (χ3v) is 5.38. The van der Waals surface area contributed by atoms with Crippen LogP contribution >= 0.6 is 23.5 Å². The monoisotopic (exact) mass is 315 g/mol. The molecule has 1 unspecified atom stereocenters. The molecule has 3 atom stereocenters. The predicted molar refractivity (Wildman–Crippen MR) is 63.9 cm³/mol. The van der Waals surface area contributed by atoms with Gasteiger partial charge in [0, 0.05) is 5.75 Å². The largest absolute Gasteiger partial charge is 1.00 e. The summed E-state index contributed by atoms with van der Waals surface area (Å²) in [6.45, 7) is 0.916. The smallest absolute Gasteiger partial charge is 0.543 e. The van der Waals surface area contributed by atoms with E-state index >= 15 is 0 Å². The summed E-state index contributed by atoms with van der Waals surface area (Å²) in [5, 5.41) is 20.1. The van der Waals surface area contributed by atoms with Crippen molar-refractivity contribution in [2.75, 3.05) is 12.4 Å². The zero-order valence-electron chi connectivity index (χ0n) is 10.5. The Labute approximate surface area is 140 Å². The van der Waals surface area contributed by atoms with Crippen molar-refractivity contribution < 1.29 is 53.7 Å². The molecule has 19 heavy (non-hydrogen) atoms. The molecule has 100 valence electrons. The number of amides is 1. The number of carbonyl (C=O) groups excluding carboxylic acids is 2. The van der Waals surface area contributed by atoms with Gasteiger partial charge in [-0.05, 0) is 6.92 Å². The standard InChI is InChI=1S/C10H12FNO4S2.Na/c1-4(13)5-7(14)12-6(9(15)16)10(17-3-2-11)18-8(5)12;/h4-5,8,13H,2-3H2,1H3,(H,15,16);/q;+1/p-1/t4?,5-,8+;/m0./s1. The maximum atomic E-state index is 12.1. The van der Waals surface area contributed by atoms with E-state index in [0.29, 0.717) is 4.24 Å². The first kappa shape index (κ1) is 17.3. The maximum Gasteiger partial charge on any atom is 1.00 e. The van der Waals surface area contributed by atoms with Crippen LogP contribution in [0.15, 0.2) is 9.93 Å². The minimum absolute atomic E-state index is 0. The Morgan fingerprint density at radius 3 is 2.79 bits per heavy atom.